The van der Waals surface area contributed by atoms with Crippen LogP contribution < -0.4 is 0 Å². The first-order valence-corrected chi connectivity index (χ1v) is 10.7. The van der Waals surface area contributed by atoms with Crippen molar-refractivity contribution >= 4 is 38.7 Å². The van der Waals surface area contributed by atoms with E-state index in [0.717, 1.165) is 10.0 Å². The SMILES string of the molecule is CC(C)C(=O)OCCOCC(=O)c1cc2c(ncn2C)c(F)c1Cc1ccc(Br)cc1. The molecule has 0 fully saturated rings. The molecule has 1 heterocycles. The minimum atomic E-state index is -0.504. The Morgan fingerprint density at radius 2 is 1.90 bits per heavy atom. The zero-order valence-corrected chi connectivity index (χ0v) is 19.2. The molecule has 0 aliphatic carbocycles. The minimum Gasteiger partial charge on any atom is -0.463 e. The molecule has 0 aliphatic rings. The lowest BCUT2D eigenvalue weighted by Crippen LogP contribution is -2.18. The van der Waals surface area contributed by atoms with Gasteiger partial charge in [0.05, 0.1) is 24.4 Å². The lowest BCUT2D eigenvalue weighted by molar-refractivity contribution is -0.148. The van der Waals surface area contributed by atoms with Crippen LogP contribution in [-0.2, 0) is 27.7 Å². The first kappa shape index (κ1) is 23.1. The summed E-state index contributed by atoms with van der Waals surface area (Å²) in [6.45, 7) is 3.38. The molecular weight excluding hydrogens is 467 g/mol. The largest absolute Gasteiger partial charge is 0.463 e. The first-order chi connectivity index (χ1) is 14.8. The maximum absolute atomic E-state index is 15.3. The molecule has 6 nitrogen and oxygen atoms in total. The van der Waals surface area contributed by atoms with Crippen molar-refractivity contribution in [3.8, 4) is 0 Å². The van der Waals surface area contributed by atoms with Gasteiger partial charge in [0.25, 0.3) is 0 Å². The molecule has 0 saturated carbocycles. The lowest BCUT2D eigenvalue weighted by Gasteiger charge is -2.13. The summed E-state index contributed by atoms with van der Waals surface area (Å²) in [6.07, 6.45) is 1.77. The van der Waals surface area contributed by atoms with E-state index in [2.05, 4.69) is 20.9 Å². The van der Waals surface area contributed by atoms with Crippen LogP contribution in [0.4, 0.5) is 4.39 Å². The van der Waals surface area contributed by atoms with Crippen molar-refractivity contribution < 1.29 is 23.5 Å². The van der Waals surface area contributed by atoms with Gasteiger partial charge in [0.2, 0.25) is 0 Å². The first-order valence-electron chi connectivity index (χ1n) is 9.92. The van der Waals surface area contributed by atoms with Crippen molar-refractivity contribution in [1.82, 2.24) is 9.55 Å². The number of carbonyl (C=O) groups is 2. The highest BCUT2D eigenvalue weighted by Crippen LogP contribution is 2.27. The van der Waals surface area contributed by atoms with Gasteiger partial charge >= 0.3 is 5.97 Å². The van der Waals surface area contributed by atoms with Crippen molar-refractivity contribution in [2.75, 3.05) is 19.8 Å². The topological polar surface area (TPSA) is 70.4 Å². The molecule has 0 N–H and O–H groups in total. The van der Waals surface area contributed by atoms with E-state index in [1.54, 1.807) is 31.5 Å². The number of aryl methyl sites for hydroxylation is 1. The number of nitrogens with zero attached hydrogens (tertiary/aromatic N) is 2. The van der Waals surface area contributed by atoms with Gasteiger partial charge < -0.3 is 14.0 Å². The third-order valence-electron chi connectivity index (χ3n) is 4.83. The minimum absolute atomic E-state index is 0.0607. The van der Waals surface area contributed by atoms with Crippen molar-refractivity contribution in [2.24, 2.45) is 13.0 Å². The molecule has 31 heavy (non-hydrogen) atoms. The Kier molecular flexibility index (Phi) is 7.56. The van der Waals surface area contributed by atoms with Crippen LogP contribution in [0.5, 0.6) is 0 Å². The summed E-state index contributed by atoms with van der Waals surface area (Å²) in [4.78, 5) is 28.5. The number of fused-ring (bicyclic) bond motifs is 1. The monoisotopic (exact) mass is 490 g/mol. The van der Waals surface area contributed by atoms with Crippen molar-refractivity contribution in [2.45, 2.75) is 20.3 Å². The summed E-state index contributed by atoms with van der Waals surface area (Å²) in [6, 6.07) is 9.15. The van der Waals surface area contributed by atoms with Crippen LogP contribution in [0.15, 0.2) is 41.1 Å². The number of imidazole rings is 1. The lowest BCUT2D eigenvalue weighted by atomic mass is 9.96. The van der Waals surface area contributed by atoms with E-state index in [1.807, 2.05) is 24.3 Å². The smallest absolute Gasteiger partial charge is 0.308 e. The molecule has 0 atom stereocenters. The molecule has 0 saturated heterocycles. The molecule has 1 aromatic heterocycles. The number of esters is 1. The standard InChI is InChI=1S/C23H24BrFN2O4/c1-14(2)23(29)31-9-8-30-12-20(28)17-11-19-22(26-13-27(19)3)21(25)18(17)10-15-4-6-16(24)7-5-15/h4-7,11,13-14H,8-10,12H2,1-3H3. The molecule has 2 aromatic carbocycles. The molecule has 3 rings (SSSR count). The van der Waals surface area contributed by atoms with E-state index in [1.165, 1.54) is 6.33 Å². The zero-order chi connectivity index (χ0) is 22.5. The fourth-order valence-corrected chi connectivity index (χ4v) is 3.37. The molecule has 8 heteroatoms. The quantitative estimate of drug-likeness (QED) is 0.251. The van der Waals surface area contributed by atoms with Crippen LogP contribution in [-0.4, -0.2) is 41.1 Å². The van der Waals surface area contributed by atoms with E-state index in [0.29, 0.717) is 5.52 Å². The van der Waals surface area contributed by atoms with Gasteiger partial charge in [0, 0.05) is 29.1 Å². The number of benzene rings is 2. The molecular formula is C23H24BrFN2O4. The van der Waals surface area contributed by atoms with Gasteiger partial charge in [-0.2, -0.15) is 0 Å². The highest BCUT2D eigenvalue weighted by atomic mass is 79.9. The number of rotatable bonds is 9. The molecule has 0 amide bonds. The van der Waals surface area contributed by atoms with Crippen molar-refractivity contribution in [1.29, 1.82) is 0 Å². The molecule has 0 unspecified atom stereocenters. The second-order valence-electron chi connectivity index (χ2n) is 7.54. The summed E-state index contributed by atoms with van der Waals surface area (Å²) in [5.74, 6) is -1.40. The van der Waals surface area contributed by atoms with E-state index in [-0.39, 0.29) is 60.6 Å². The van der Waals surface area contributed by atoms with E-state index >= 15 is 4.39 Å². The van der Waals surface area contributed by atoms with Gasteiger partial charge in [-0.25, -0.2) is 9.37 Å². The summed E-state index contributed by atoms with van der Waals surface area (Å²) in [5.41, 5.74) is 2.18. The number of ether oxygens (including phenoxy) is 2. The molecule has 3 aromatic rings. The Morgan fingerprint density at radius 1 is 1.19 bits per heavy atom. The van der Waals surface area contributed by atoms with E-state index < -0.39 is 5.82 Å². The normalized spacial score (nSPS) is 11.3. The van der Waals surface area contributed by atoms with Gasteiger partial charge in [-0.05, 0) is 23.8 Å². The number of aromatic nitrogens is 2. The number of hydrogen-bond donors (Lipinski definition) is 0. The van der Waals surface area contributed by atoms with Crippen LogP contribution in [0.25, 0.3) is 11.0 Å². The third kappa shape index (κ3) is 5.57. The van der Waals surface area contributed by atoms with Crippen LogP contribution in [0.1, 0.15) is 35.3 Å². The predicted molar refractivity (Wildman–Crippen MR) is 119 cm³/mol. The molecule has 0 radical (unpaired) electrons. The average Bonchev–Trinajstić information content (AvgIpc) is 3.11. The Bertz CT molecular complexity index is 1090. The number of carbonyl (C=O) groups excluding carboxylic acids is 2. The number of hydrogen-bond acceptors (Lipinski definition) is 5. The highest BCUT2D eigenvalue weighted by molar-refractivity contribution is 9.10. The Hall–Kier alpha value is -2.58. The maximum Gasteiger partial charge on any atom is 0.308 e. The van der Waals surface area contributed by atoms with Crippen LogP contribution in [0.2, 0.25) is 0 Å². The maximum atomic E-state index is 15.3. The fourth-order valence-electron chi connectivity index (χ4n) is 3.10. The summed E-state index contributed by atoms with van der Waals surface area (Å²) in [5, 5.41) is 0. The van der Waals surface area contributed by atoms with E-state index in [4.69, 9.17) is 9.47 Å². The Balaban J connectivity index is 1.80. The molecule has 0 spiro atoms. The summed E-state index contributed by atoms with van der Waals surface area (Å²) >= 11 is 3.39. The van der Waals surface area contributed by atoms with Crippen LogP contribution in [0.3, 0.4) is 0 Å². The Labute approximate surface area is 188 Å². The number of ketones is 1. The zero-order valence-electron chi connectivity index (χ0n) is 17.7. The van der Waals surface area contributed by atoms with Gasteiger partial charge in [-0.15, -0.1) is 0 Å². The molecule has 164 valence electrons. The molecule has 0 aliphatic heterocycles. The average molecular weight is 491 g/mol. The van der Waals surface area contributed by atoms with Gasteiger partial charge in [-0.1, -0.05) is 41.9 Å². The van der Waals surface area contributed by atoms with Crippen molar-refractivity contribution in [3.63, 3.8) is 0 Å². The highest BCUT2D eigenvalue weighted by Gasteiger charge is 2.21. The van der Waals surface area contributed by atoms with E-state index in [9.17, 15) is 9.59 Å². The van der Waals surface area contributed by atoms with Gasteiger partial charge in [0.15, 0.2) is 11.6 Å². The van der Waals surface area contributed by atoms with Crippen LogP contribution >= 0.6 is 15.9 Å². The van der Waals surface area contributed by atoms with Crippen molar-refractivity contribution in [3.05, 3.63) is 63.6 Å². The predicted octanol–water partition coefficient (Wildman–Crippen LogP) is 4.46. The summed E-state index contributed by atoms with van der Waals surface area (Å²) in [7, 11) is 1.75. The second-order valence-corrected chi connectivity index (χ2v) is 8.46. The molecule has 0 bridgehead atoms. The van der Waals surface area contributed by atoms with Crippen LogP contribution in [0, 0.1) is 11.7 Å². The Morgan fingerprint density at radius 3 is 2.58 bits per heavy atom. The fraction of sp³-hybridized carbons (Fsp3) is 0.348. The number of Topliss-reactive ketones (excluding diaryl/α,β-unsaturated/α-hetero) is 1. The van der Waals surface area contributed by atoms with Gasteiger partial charge in [0.1, 0.15) is 18.7 Å². The second kappa shape index (κ2) is 10.2. The van der Waals surface area contributed by atoms with Gasteiger partial charge in [-0.3, -0.25) is 9.59 Å². The number of halogens is 2. The summed E-state index contributed by atoms with van der Waals surface area (Å²) < 4.78 is 28.3. The third-order valence-corrected chi connectivity index (χ3v) is 5.36.